The van der Waals surface area contributed by atoms with Crippen LogP contribution in [0.15, 0.2) is 91.0 Å². The van der Waals surface area contributed by atoms with Crippen molar-refractivity contribution in [3.63, 3.8) is 0 Å². The van der Waals surface area contributed by atoms with E-state index in [1.165, 1.54) is 5.56 Å². The Bertz CT molecular complexity index is 1200. The van der Waals surface area contributed by atoms with E-state index in [0.29, 0.717) is 17.2 Å². The third-order valence-electron chi connectivity index (χ3n) is 5.76. The molecule has 0 bridgehead atoms. The third kappa shape index (κ3) is 5.34. The smallest absolute Gasteiger partial charge is 0.204 e. The highest BCUT2D eigenvalue weighted by atomic mass is 16.5. The molecule has 4 rings (SSSR count). The molecule has 0 atom stereocenters. The summed E-state index contributed by atoms with van der Waals surface area (Å²) in [6.45, 7) is 0. The lowest BCUT2D eigenvalue weighted by atomic mass is 9.96. The van der Waals surface area contributed by atoms with Crippen molar-refractivity contribution in [1.29, 1.82) is 0 Å². The molecule has 0 radical (unpaired) electrons. The van der Waals surface area contributed by atoms with Crippen LogP contribution >= 0.6 is 0 Å². The monoisotopic (exact) mass is 454 g/mol. The summed E-state index contributed by atoms with van der Waals surface area (Å²) in [5, 5.41) is 0. The normalized spacial score (nSPS) is 10.6. The van der Waals surface area contributed by atoms with Crippen molar-refractivity contribution < 1.29 is 18.9 Å². The van der Waals surface area contributed by atoms with Crippen molar-refractivity contribution in [3.8, 4) is 39.9 Å². The number of hydrogen-bond donors (Lipinski definition) is 0. The molecular formula is C30H30O4. The highest BCUT2D eigenvalue weighted by Gasteiger charge is 2.22. The summed E-state index contributed by atoms with van der Waals surface area (Å²) in [6, 6.07) is 30.4. The maximum atomic E-state index is 6.06. The topological polar surface area (TPSA) is 36.9 Å². The summed E-state index contributed by atoms with van der Waals surface area (Å²) in [5.41, 5.74) is 4.33. The molecule has 0 aromatic heterocycles. The van der Waals surface area contributed by atoms with Gasteiger partial charge in [-0.25, -0.2) is 0 Å². The summed E-state index contributed by atoms with van der Waals surface area (Å²) < 4.78 is 23.4. The maximum absolute atomic E-state index is 6.06. The Morgan fingerprint density at radius 1 is 0.559 bits per heavy atom. The molecule has 0 heterocycles. The van der Waals surface area contributed by atoms with Crippen LogP contribution in [-0.4, -0.2) is 21.3 Å². The molecular weight excluding hydrogens is 424 g/mol. The second kappa shape index (κ2) is 11.3. The van der Waals surface area contributed by atoms with Crippen molar-refractivity contribution in [2.45, 2.75) is 19.3 Å². The van der Waals surface area contributed by atoms with Gasteiger partial charge < -0.3 is 18.9 Å². The maximum Gasteiger partial charge on any atom is 0.204 e. The van der Waals surface area contributed by atoms with E-state index in [1.54, 1.807) is 21.3 Å². The summed E-state index contributed by atoms with van der Waals surface area (Å²) in [5.74, 6) is 3.51. The number of hydrogen-bond acceptors (Lipinski definition) is 4. The van der Waals surface area contributed by atoms with Gasteiger partial charge in [0, 0.05) is 5.56 Å². The molecule has 0 aliphatic rings. The number of para-hydroxylation sites is 1. The zero-order chi connectivity index (χ0) is 23.8. The highest BCUT2D eigenvalue weighted by molar-refractivity contribution is 5.78. The predicted molar refractivity (Wildman–Crippen MR) is 137 cm³/mol. The van der Waals surface area contributed by atoms with Crippen LogP contribution in [0.4, 0.5) is 0 Å². The van der Waals surface area contributed by atoms with Gasteiger partial charge >= 0.3 is 0 Å². The molecule has 4 nitrogen and oxygen atoms in total. The van der Waals surface area contributed by atoms with Gasteiger partial charge in [0.05, 0.1) is 21.3 Å². The lowest BCUT2D eigenvalue weighted by molar-refractivity contribution is 0.323. The molecule has 0 unspecified atom stereocenters. The number of ether oxygens (including phenoxy) is 4. The molecule has 0 saturated heterocycles. The van der Waals surface area contributed by atoms with E-state index < -0.39 is 0 Å². The van der Waals surface area contributed by atoms with Crippen LogP contribution in [0.2, 0.25) is 0 Å². The van der Waals surface area contributed by atoms with E-state index in [1.807, 2.05) is 54.6 Å². The third-order valence-corrected chi connectivity index (χ3v) is 5.76. The Kier molecular flexibility index (Phi) is 7.71. The number of benzene rings is 4. The summed E-state index contributed by atoms with van der Waals surface area (Å²) >= 11 is 0. The second-order valence-corrected chi connectivity index (χ2v) is 7.97. The molecule has 34 heavy (non-hydrogen) atoms. The van der Waals surface area contributed by atoms with Gasteiger partial charge in [0.2, 0.25) is 5.75 Å². The van der Waals surface area contributed by atoms with Crippen LogP contribution in [0.1, 0.15) is 17.5 Å². The van der Waals surface area contributed by atoms with Crippen molar-refractivity contribution >= 4 is 0 Å². The molecule has 0 spiro atoms. The minimum atomic E-state index is 0.603. The van der Waals surface area contributed by atoms with Gasteiger partial charge in [0.15, 0.2) is 11.5 Å². The van der Waals surface area contributed by atoms with Crippen LogP contribution in [0.25, 0.3) is 11.1 Å². The number of methoxy groups -OCH3 is 3. The van der Waals surface area contributed by atoms with Gasteiger partial charge in [-0.1, -0.05) is 60.7 Å². The Morgan fingerprint density at radius 3 is 1.88 bits per heavy atom. The van der Waals surface area contributed by atoms with E-state index in [9.17, 15) is 0 Å². The molecule has 0 saturated carbocycles. The van der Waals surface area contributed by atoms with E-state index in [2.05, 4.69) is 36.4 Å². The van der Waals surface area contributed by atoms with Gasteiger partial charge in [-0.05, 0) is 66.3 Å². The first-order valence-corrected chi connectivity index (χ1v) is 11.4. The first-order chi connectivity index (χ1) is 16.7. The molecule has 0 N–H and O–H groups in total. The van der Waals surface area contributed by atoms with Crippen LogP contribution in [0.5, 0.6) is 28.7 Å². The molecule has 0 fully saturated rings. The Labute approximate surface area is 201 Å². The average molecular weight is 455 g/mol. The Hall–Kier alpha value is -3.92. The number of aryl methyl sites for hydroxylation is 2. The minimum absolute atomic E-state index is 0.603. The second-order valence-electron chi connectivity index (χ2n) is 7.97. The first-order valence-electron chi connectivity index (χ1n) is 11.4. The van der Waals surface area contributed by atoms with Crippen molar-refractivity contribution in [2.24, 2.45) is 0 Å². The molecule has 0 amide bonds. The molecule has 4 aromatic carbocycles. The largest absolute Gasteiger partial charge is 0.492 e. The van der Waals surface area contributed by atoms with Gasteiger partial charge in [-0.3, -0.25) is 0 Å². The number of rotatable bonds is 10. The summed E-state index contributed by atoms with van der Waals surface area (Å²) in [4.78, 5) is 0. The van der Waals surface area contributed by atoms with Crippen LogP contribution in [-0.2, 0) is 12.8 Å². The van der Waals surface area contributed by atoms with Gasteiger partial charge in [0.25, 0.3) is 0 Å². The average Bonchev–Trinajstić information content (AvgIpc) is 2.89. The predicted octanol–water partition coefficient (Wildman–Crippen LogP) is 7.35. The molecule has 174 valence electrons. The highest BCUT2D eigenvalue weighted by Crippen LogP contribution is 2.47. The quantitative estimate of drug-likeness (QED) is 0.251. The van der Waals surface area contributed by atoms with Crippen molar-refractivity contribution in [1.82, 2.24) is 0 Å². The molecule has 0 aliphatic heterocycles. The van der Waals surface area contributed by atoms with Gasteiger partial charge in [-0.15, -0.1) is 0 Å². The molecule has 4 heteroatoms. The standard InChI is InChI=1S/C30H30O4/c1-31-28-24(16-10-14-22-12-6-4-7-13-22)21-27(29(32-2)30(28)33-3)23-15-11-19-26(20-23)34-25-17-8-5-9-18-25/h4-9,11-13,15,17-21H,10,14,16H2,1-3H3. The van der Waals surface area contributed by atoms with E-state index in [-0.39, 0.29) is 0 Å². The fraction of sp³-hybridized carbons (Fsp3) is 0.200. The fourth-order valence-electron chi connectivity index (χ4n) is 4.17. The first kappa shape index (κ1) is 23.2. The van der Waals surface area contributed by atoms with Crippen molar-refractivity contribution in [2.75, 3.05) is 21.3 Å². The minimum Gasteiger partial charge on any atom is -0.492 e. The molecule has 4 aromatic rings. The van der Waals surface area contributed by atoms with Gasteiger partial charge in [0.1, 0.15) is 11.5 Å². The van der Waals surface area contributed by atoms with Crippen molar-refractivity contribution in [3.05, 3.63) is 102 Å². The van der Waals surface area contributed by atoms with Gasteiger partial charge in [-0.2, -0.15) is 0 Å². The fourth-order valence-corrected chi connectivity index (χ4v) is 4.17. The summed E-state index contributed by atoms with van der Waals surface area (Å²) in [7, 11) is 4.97. The van der Waals surface area contributed by atoms with E-state index >= 15 is 0 Å². The van der Waals surface area contributed by atoms with Crippen LogP contribution in [0, 0.1) is 0 Å². The SMILES string of the molecule is COc1c(CCCc2ccccc2)cc(-c2cccc(Oc3ccccc3)c2)c(OC)c1OC. The lowest BCUT2D eigenvalue weighted by Crippen LogP contribution is -2.02. The Balaban J connectivity index is 1.68. The van der Waals surface area contributed by atoms with Crippen LogP contribution < -0.4 is 18.9 Å². The zero-order valence-electron chi connectivity index (χ0n) is 19.9. The van der Waals surface area contributed by atoms with E-state index in [4.69, 9.17) is 18.9 Å². The lowest BCUT2D eigenvalue weighted by Gasteiger charge is -2.20. The van der Waals surface area contributed by atoms with Crippen LogP contribution in [0.3, 0.4) is 0 Å². The summed E-state index contributed by atoms with van der Waals surface area (Å²) in [6.07, 6.45) is 2.84. The van der Waals surface area contributed by atoms with E-state index in [0.717, 1.165) is 47.5 Å². The Morgan fingerprint density at radius 2 is 1.21 bits per heavy atom. The zero-order valence-corrected chi connectivity index (χ0v) is 19.9. The molecule has 0 aliphatic carbocycles.